The van der Waals surface area contributed by atoms with Gasteiger partial charge in [-0.25, -0.2) is 4.68 Å². The summed E-state index contributed by atoms with van der Waals surface area (Å²) in [7, 11) is 0. The van der Waals surface area contributed by atoms with Crippen LogP contribution in [0.15, 0.2) is 24.3 Å². The van der Waals surface area contributed by atoms with Crippen molar-refractivity contribution in [1.29, 1.82) is 0 Å². The second-order valence-corrected chi connectivity index (χ2v) is 5.76. The molecule has 0 radical (unpaired) electrons. The Hall–Kier alpha value is -0.900. The fourth-order valence-electron chi connectivity index (χ4n) is 2.32. The van der Waals surface area contributed by atoms with Crippen molar-refractivity contribution in [2.75, 3.05) is 5.33 Å². The Morgan fingerprint density at radius 3 is 2.37 bits per heavy atom. The van der Waals surface area contributed by atoms with Gasteiger partial charge < -0.3 is 0 Å². The number of unbranched alkanes of at least 4 members (excludes halogenated alkanes) is 6. The van der Waals surface area contributed by atoms with Gasteiger partial charge in [0, 0.05) is 11.9 Å². The standard InChI is InChI=1S/C15H22BrN3/c16-12-8-4-2-1-3-5-9-13-19-15-11-7-6-10-14(15)17-18-19/h6-7,10-11H,1-5,8-9,12-13H2. The summed E-state index contributed by atoms with van der Waals surface area (Å²) in [6, 6.07) is 8.17. The summed E-state index contributed by atoms with van der Waals surface area (Å²) in [5.41, 5.74) is 2.15. The molecule has 104 valence electrons. The van der Waals surface area contributed by atoms with Crippen LogP contribution in [0.3, 0.4) is 0 Å². The Morgan fingerprint density at radius 1 is 0.895 bits per heavy atom. The molecule has 0 fully saturated rings. The zero-order valence-corrected chi connectivity index (χ0v) is 13.0. The molecule has 0 aliphatic carbocycles. The molecule has 0 spiro atoms. The van der Waals surface area contributed by atoms with Crippen LogP contribution >= 0.6 is 15.9 Å². The number of hydrogen-bond acceptors (Lipinski definition) is 2. The van der Waals surface area contributed by atoms with Gasteiger partial charge in [-0.2, -0.15) is 0 Å². The van der Waals surface area contributed by atoms with Gasteiger partial charge in [0.15, 0.2) is 0 Å². The number of rotatable bonds is 9. The maximum atomic E-state index is 4.22. The molecule has 0 aliphatic rings. The Kier molecular flexibility index (Phi) is 6.34. The van der Waals surface area contributed by atoms with Gasteiger partial charge >= 0.3 is 0 Å². The van der Waals surface area contributed by atoms with E-state index in [1.165, 1.54) is 44.9 Å². The van der Waals surface area contributed by atoms with Crippen molar-refractivity contribution in [3.63, 3.8) is 0 Å². The van der Waals surface area contributed by atoms with E-state index in [0.29, 0.717) is 0 Å². The lowest BCUT2D eigenvalue weighted by atomic mass is 10.1. The van der Waals surface area contributed by atoms with Gasteiger partial charge in [-0.05, 0) is 25.0 Å². The predicted molar refractivity (Wildman–Crippen MR) is 83.6 cm³/mol. The van der Waals surface area contributed by atoms with Crippen LogP contribution in [-0.4, -0.2) is 20.3 Å². The fraction of sp³-hybridized carbons (Fsp3) is 0.600. The molecule has 0 aliphatic heterocycles. The minimum Gasteiger partial charge on any atom is -0.245 e. The number of para-hydroxylation sites is 1. The minimum atomic E-state index is 0.988. The molecule has 1 heterocycles. The second kappa shape index (κ2) is 8.31. The van der Waals surface area contributed by atoms with Crippen LogP contribution in [0.25, 0.3) is 11.0 Å². The van der Waals surface area contributed by atoms with Crippen LogP contribution < -0.4 is 0 Å². The Balaban J connectivity index is 1.63. The number of hydrogen-bond donors (Lipinski definition) is 0. The summed E-state index contributed by atoms with van der Waals surface area (Å²) < 4.78 is 2.03. The lowest BCUT2D eigenvalue weighted by Crippen LogP contribution is -2.00. The number of alkyl halides is 1. The summed E-state index contributed by atoms with van der Waals surface area (Å²) in [6.45, 7) is 0.988. The van der Waals surface area contributed by atoms with Crippen LogP contribution in [0.5, 0.6) is 0 Å². The maximum absolute atomic E-state index is 4.22. The van der Waals surface area contributed by atoms with E-state index in [4.69, 9.17) is 0 Å². The van der Waals surface area contributed by atoms with Crippen LogP contribution in [0, 0.1) is 0 Å². The average molecular weight is 324 g/mol. The molecule has 0 saturated carbocycles. The van der Waals surface area contributed by atoms with E-state index in [0.717, 1.165) is 22.9 Å². The van der Waals surface area contributed by atoms with Gasteiger partial charge in [0.05, 0.1) is 5.52 Å². The first-order chi connectivity index (χ1) is 9.42. The van der Waals surface area contributed by atoms with Crippen LogP contribution in [0.2, 0.25) is 0 Å². The van der Waals surface area contributed by atoms with Gasteiger partial charge in [-0.15, -0.1) is 5.10 Å². The van der Waals surface area contributed by atoms with Gasteiger partial charge in [0.2, 0.25) is 0 Å². The Bertz CT molecular complexity index is 481. The Morgan fingerprint density at radius 2 is 1.58 bits per heavy atom. The lowest BCUT2D eigenvalue weighted by Gasteiger charge is -2.03. The molecular formula is C15H22BrN3. The molecule has 3 nitrogen and oxygen atoms in total. The van der Waals surface area contributed by atoms with Crippen molar-refractivity contribution in [3.05, 3.63) is 24.3 Å². The highest BCUT2D eigenvalue weighted by molar-refractivity contribution is 9.09. The smallest absolute Gasteiger partial charge is 0.113 e. The van der Waals surface area contributed by atoms with Crippen molar-refractivity contribution in [3.8, 4) is 0 Å². The van der Waals surface area contributed by atoms with Crippen molar-refractivity contribution in [1.82, 2.24) is 15.0 Å². The molecule has 0 bridgehead atoms. The third-order valence-corrected chi connectivity index (χ3v) is 3.98. The number of fused-ring (bicyclic) bond motifs is 1. The molecule has 2 aromatic rings. The Labute approximate surface area is 123 Å². The lowest BCUT2D eigenvalue weighted by molar-refractivity contribution is 0.522. The van der Waals surface area contributed by atoms with Crippen molar-refractivity contribution < 1.29 is 0 Å². The molecule has 19 heavy (non-hydrogen) atoms. The van der Waals surface area contributed by atoms with E-state index in [1.54, 1.807) is 0 Å². The van der Waals surface area contributed by atoms with Crippen LogP contribution in [-0.2, 0) is 6.54 Å². The summed E-state index contributed by atoms with van der Waals surface area (Å²) in [5, 5.41) is 9.54. The fourth-order valence-corrected chi connectivity index (χ4v) is 2.72. The quantitative estimate of drug-likeness (QED) is 0.500. The minimum absolute atomic E-state index is 0.988. The molecule has 0 saturated heterocycles. The molecule has 0 atom stereocenters. The van der Waals surface area contributed by atoms with Gasteiger partial charge in [-0.1, -0.05) is 65.4 Å². The first kappa shape index (κ1) is 14.5. The first-order valence-electron chi connectivity index (χ1n) is 7.26. The summed E-state index contributed by atoms with van der Waals surface area (Å²) in [5.74, 6) is 0. The van der Waals surface area contributed by atoms with E-state index in [2.05, 4.69) is 32.3 Å². The average Bonchev–Trinajstić information content (AvgIpc) is 2.85. The van der Waals surface area contributed by atoms with Crippen LogP contribution in [0.1, 0.15) is 44.9 Å². The van der Waals surface area contributed by atoms with E-state index in [-0.39, 0.29) is 0 Å². The van der Waals surface area contributed by atoms with E-state index < -0.39 is 0 Å². The van der Waals surface area contributed by atoms with Gasteiger partial charge in [-0.3, -0.25) is 0 Å². The van der Waals surface area contributed by atoms with Crippen LogP contribution in [0.4, 0.5) is 0 Å². The topological polar surface area (TPSA) is 30.7 Å². The number of aromatic nitrogens is 3. The number of benzene rings is 1. The molecule has 2 rings (SSSR count). The molecular weight excluding hydrogens is 302 g/mol. The molecule has 0 N–H and O–H groups in total. The highest BCUT2D eigenvalue weighted by atomic mass is 79.9. The molecule has 0 amide bonds. The van der Waals surface area contributed by atoms with Crippen molar-refractivity contribution in [2.24, 2.45) is 0 Å². The second-order valence-electron chi connectivity index (χ2n) is 4.97. The predicted octanol–water partition coefficient (Wildman–Crippen LogP) is 4.56. The normalized spacial score (nSPS) is 11.2. The van der Waals surface area contributed by atoms with E-state index in [1.807, 2.05) is 22.9 Å². The monoisotopic (exact) mass is 323 g/mol. The first-order valence-corrected chi connectivity index (χ1v) is 8.38. The molecule has 0 unspecified atom stereocenters. The zero-order chi connectivity index (χ0) is 13.3. The SMILES string of the molecule is BrCCCCCCCCCn1nnc2ccccc21. The highest BCUT2D eigenvalue weighted by Gasteiger charge is 2.02. The number of halogens is 1. The summed E-state index contributed by atoms with van der Waals surface area (Å²) in [6.07, 6.45) is 9.25. The van der Waals surface area contributed by atoms with Crippen molar-refractivity contribution >= 4 is 27.0 Å². The number of nitrogens with zero attached hydrogens (tertiary/aromatic N) is 3. The third kappa shape index (κ3) is 4.60. The number of aryl methyl sites for hydroxylation is 1. The zero-order valence-electron chi connectivity index (χ0n) is 11.4. The van der Waals surface area contributed by atoms with E-state index >= 15 is 0 Å². The molecule has 4 heteroatoms. The third-order valence-electron chi connectivity index (χ3n) is 3.42. The summed E-state index contributed by atoms with van der Waals surface area (Å²) >= 11 is 3.47. The van der Waals surface area contributed by atoms with Gasteiger partial charge in [0.25, 0.3) is 0 Å². The van der Waals surface area contributed by atoms with Crippen molar-refractivity contribution in [2.45, 2.75) is 51.5 Å². The highest BCUT2D eigenvalue weighted by Crippen LogP contribution is 2.12. The largest absolute Gasteiger partial charge is 0.245 e. The molecule has 1 aromatic heterocycles. The summed E-state index contributed by atoms with van der Waals surface area (Å²) in [4.78, 5) is 0. The van der Waals surface area contributed by atoms with E-state index in [9.17, 15) is 0 Å². The molecule has 1 aromatic carbocycles. The maximum Gasteiger partial charge on any atom is 0.113 e. The van der Waals surface area contributed by atoms with Gasteiger partial charge in [0.1, 0.15) is 5.52 Å².